The van der Waals surface area contributed by atoms with Crippen LogP contribution in [0.15, 0.2) is 16.7 Å². The molecule has 10 nitrogen and oxygen atoms in total. The van der Waals surface area contributed by atoms with Crippen molar-refractivity contribution >= 4 is 28.2 Å². The van der Waals surface area contributed by atoms with Crippen molar-refractivity contribution < 1.29 is 23.9 Å². The maximum atomic E-state index is 11.4. The second-order valence-corrected chi connectivity index (χ2v) is 3.38. The molecule has 1 heterocycles. The lowest BCUT2D eigenvalue weighted by atomic mass is 10.1. The monoisotopic (exact) mass is 267 g/mol. The van der Waals surface area contributed by atoms with E-state index in [1.165, 1.54) is 0 Å². The number of aromatic nitrogens is 1. The van der Waals surface area contributed by atoms with Crippen molar-refractivity contribution in [3.8, 4) is 0 Å². The number of fused-ring (bicyclic) bond motifs is 1. The SMILES string of the molecule is COC(=O)c1onc2cc([N+](=O)[O-])cc([N+](=O)[O-])c12. The highest BCUT2D eigenvalue weighted by Crippen LogP contribution is 2.33. The molecule has 0 spiro atoms. The Kier molecular flexibility index (Phi) is 2.83. The molecular weight excluding hydrogens is 262 g/mol. The van der Waals surface area contributed by atoms with E-state index in [2.05, 4.69) is 14.4 Å². The van der Waals surface area contributed by atoms with Crippen LogP contribution >= 0.6 is 0 Å². The predicted octanol–water partition coefficient (Wildman–Crippen LogP) is 1.43. The van der Waals surface area contributed by atoms with Gasteiger partial charge in [-0.15, -0.1) is 0 Å². The van der Waals surface area contributed by atoms with E-state index in [0.29, 0.717) is 0 Å². The predicted molar refractivity (Wildman–Crippen MR) is 58.7 cm³/mol. The zero-order chi connectivity index (χ0) is 14.2. The van der Waals surface area contributed by atoms with Crippen LogP contribution in [-0.4, -0.2) is 28.1 Å². The van der Waals surface area contributed by atoms with Gasteiger partial charge in [0.25, 0.3) is 17.1 Å². The van der Waals surface area contributed by atoms with Gasteiger partial charge in [0.2, 0.25) is 0 Å². The Balaban J connectivity index is 2.82. The van der Waals surface area contributed by atoms with Crippen LogP contribution in [0.1, 0.15) is 10.6 Å². The summed E-state index contributed by atoms with van der Waals surface area (Å²) in [6, 6.07) is 1.70. The Morgan fingerprint density at radius 3 is 2.53 bits per heavy atom. The van der Waals surface area contributed by atoms with Gasteiger partial charge in [-0.2, -0.15) is 0 Å². The van der Waals surface area contributed by atoms with Crippen molar-refractivity contribution in [2.75, 3.05) is 7.11 Å². The molecule has 10 heteroatoms. The quantitative estimate of drug-likeness (QED) is 0.462. The number of rotatable bonds is 3. The third-order valence-electron chi connectivity index (χ3n) is 2.32. The van der Waals surface area contributed by atoms with E-state index in [0.717, 1.165) is 19.2 Å². The summed E-state index contributed by atoms with van der Waals surface area (Å²) in [6.07, 6.45) is 0. The minimum absolute atomic E-state index is 0.165. The summed E-state index contributed by atoms with van der Waals surface area (Å²) in [4.78, 5) is 31.3. The van der Waals surface area contributed by atoms with Crippen LogP contribution < -0.4 is 0 Å². The molecule has 0 aliphatic rings. The Hall–Kier alpha value is -3.04. The molecule has 0 bridgehead atoms. The first kappa shape index (κ1) is 12.4. The molecule has 2 aromatic rings. The molecule has 0 saturated carbocycles. The molecule has 1 aromatic heterocycles. The van der Waals surface area contributed by atoms with E-state index in [4.69, 9.17) is 0 Å². The second kappa shape index (κ2) is 4.33. The second-order valence-electron chi connectivity index (χ2n) is 3.38. The van der Waals surface area contributed by atoms with E-state index >= 15 is 0 Å². The minimum Gasteiger partial charge on any atom is -0.463 e. The van der Waals surface area contributed by atoms with Gasteiger partial charge in [0.15, 0.2) is 0 Å². The first-order valence-electron chi connectivity index (χ1n) is 4.76. The largest absolute Gasteiger partial charge is 0.463 e. The number of hydrogen-bond donors (Lipinski definition) is 0. The summed E-state index contributed by atoms with van der Waals surface area (Å²) in [5.41, 5.74) is -1.34. The number of carbonyl (C=O) groups excluding carboxylic acids is 1. The van der Waals surface area contributed by atoms with Crippen LogP contribution in [0, 0.1) is 20.2 Å². The van der Waals surface area contributed by atoms with Gasteiger partial charge in [0, 0.05) is 6.07 Å². The van der Waals surface area contributed by atoms with Gasteiger partial charge >= 0.3 is 5.97 Å². The normalized spacial score (nSPS) is 10.4. The Morgan fingerprint density at radius 2 is 2.00 bits per heavy atom. The molecule has 0 radical (unpaired) electrons. The van der Waals surface area contributed by atoms with E-state index < -0.39 is 33.0 Å². The smallest absolute Gasteiger partial charge is 0.377 e. The number of nitrogens with zero attached hydrogens (tertiary/aromatic N) is 3. The van der Waals surface area contributed by atoms with Crippen molar-refractivity contribution in [3.05, 3.63) is 38.1 Å². The number of benzene rings is 1. The van der Waals surface area contributed by atoms with Crippen molar-refractivity contribution in [2.45, 2.75) is 0 Å². The maximum Gasteiger partial charge on any atom is 0.377 e. The highest BCUT2D eigenvalue weighted by atomic mass is 16.6. The van der Waals surface area contributed by atoms with Gasteiger partial charge in [-0.1, -0.05) is 5.16 Å². The first-order chi connectivity index (χ1) is 8.95. The fraction of sp³-hybridized carbons (Fsp3) is 0.111. The lowest BCUT2D eigenvalue weighted by molar-refractivity contribution is -0.393. The molecule has 0 unspecified atom stereocenters. The number of esters is 1. The van der Waals surface area contributed by atoms with Crippen LogP contribution in [0.3, 0.4) is 0 Å². The summed E-state index contributed by atoms with van der Waals surface area (Å²) in [5, 5.41) is 24.7. The van der Waals surface area contributed by atoms with E-state index in [1.807, 2.05) is 0 Å². The summed E-state index contributed by atoms with van der Waals surface area (Å²) in [6.45, 7) is 0. The number of nitro benzene ring substituents is 2. The van der Waals surface area contributed by atoms with Crippen LogP contribution in [0.5, 0.6) is 0 Å². The average Bonchev–Trinajstić information content (AvgIpc) is 2.80. The minimum atomic E-state index is -0.959. The molecule has 0 amide bonds. The summed E-state index contributed by atoms with van der Waals surface area (Å²) in [7, 11) is 1.06. The van der Waals surface area contributed by atoms with Crippen LogP contribution in [0.25, 0.3) is 10.9 Å². The van der Waals surface area contributed by atoms with Crippen LogP contribution in [-0.2, 0) is 4.74 Å². The molecule has 19 heavy (non-hydrogen) atoms. The number of nitro groups is 2. The molecule has 0 N–H and O–H groups in total. The summed E-state index contributed by atoms with van der Waals surface area (Å²) in [5.74, 6) is -1.43. The molecule has 0 fully saturated rings. The standard InChI is InChI=1S/C9H5N3O7/c1-18-9(13)8-7-5(10-19-8)2-4(11(14)15)3-6(7)12(16)17/h2-3H,1H3. The van der Waals surface area contributed by atoms with Gasteiger partial charge in [0.1, 0.15) is 10.9 Å². The lowest BCUT2D eigenvalue weighted by Gasteiger charge is -1.96. The first-order valence-corrected chi connectivity index (χ1v) is 4.76. The fourth-order valence-electron chi connectivity index (χ4n) is 1.52. The average molecular weight is 267 g/mol. The van der Waals surface area contributed by atoms with Gasteiger partial charge in [-0.3, -0.25) is 20.2 Å². The number of ether oxygens (including phenoxy) is 1. The topological polar surface area (TPSA) is 139 Å². The van der Waals surface area contributed by atoms with Crippen molar-refractivity contribution in [3.63, 3.8) is 0 Å². The van der Waals surface area contributed by atoms with Gasteiger partial charge in [-0.05, 0) is 0 Å². The summed E-state index contributed by atoms with van der Waals surface area (Å²) >= 11 is 0. The molecule has 0 aliphatic carbocycles. The molecule has 0 aliphatic heterocycles. The third-order valence-corrected chi connectivity index (χ3v) is 2.32. The van der Waals surface area contributed by atoms with Crippen molar-refractivity contribution in [2.24, 2.45) is 0 Å². The van der Waals surface area contributed by atoms with E-state index in [1.54, 1.807) is 0 Å². The summed E-state index contributed by atoms with van der Waals surface area (Å²) < 4.78 is 9.03. The number of carbonyl (C=O) groups is 1. The Labute approximate surface area is 103 Å². The third kappa shape index (κ3) is 1.94. The van der Waals surface area contributed by atoms with E-state index in [9.17, 15) is 25.0 Å². The maximum absolute atomic E-state index is 11.4. The molecule has 0 saturated heterocycles. The zero-order valence-corrected chi connectivity index (χ0v) is 9.35. The van der Waals surface area contributed by atoms with Gasteiger partial charge < -0.3 is 9.26 Å². The highest BCUT2D eigenvalue weighted by molar-refractivity contribution is 6.05. The highest BCUT2D eigenvalue weighted by Gasteiger charge is 2.29. The zero-order valence-electron chi connectivity index (χ0n) is 9.35. The Morgan fingerprint density at radius 1 is 1.32 bits per heavy atom. The van der Waals surface area contributed by atoms with Crippen molar-refractivity contribution in [1.29, 1.82) is 0 Å². The van der Waals surface area contributed by atoms with Crippen LogP contribution in [0.2, 0.25) is 0 Å². The molecular formula is C9H5N3O7. The van der Waals surface area contributed by atoms with Crippen molar-refractivity contribution in [1.82, 2.24) is 5.16 Å². The fourth-order valence-corrected chi connectivity index (χ4v) is 1.52. The van der Waals surface area contributed by atoms with E-state index in [-0.39, 0.29) is 10.9 Å². The number of hydrogen-bond acceptors (Lipinski definition) is 8. The molecule has 0 atom stereocenters. The van der Waals surface area contributed by atoms with Crippen LogP contribution in [0.4, 0.5) is 11.4 Å². The van der Waals surface area contributed by atoms with Gasteiger partial charge in [0.05, 0.1) is 23.0 Å². The number of non-ortho nitro benzene ring substituents is 2. The molecule has 1 aromatic carbocycles. The Bertz CT molecular complexity index is 705. The molecule has 2 rings (SSSR count). The number of methoxy groups -OCH3 is 1. The molecule has 98 valence electrons. The lowest BCUT2D eigenvalue weighted by Crippen LogP contribution is -2.01. The van der Waals surface area contributed by atoms with Gasteiger partial charge in [-0.25, -0.2) is 4.79 Å².